The second kappa shape index (κ2) is 4.86. The third kappa shape index (κ3) is 2.23. The number of aryl methyl sites for hydroxylation is 2. The molecule has 0 aromatic carbocycles. The molecule has 0 saturated heterocycles. The summed E-state index contributed by atoms with van der Waals surface area (Å²) in [6.07, 6.45) is 1.46. The van der Waals surface area contributed by atoms with Gasteiger partial charge in [-0.2, -0.15) is 5.10 Å². The monoisotopic (exact) mass is 293 g/mol. The van der Waals surface area contributed by atoms with Crippen LogP contribution in [0.25, 0.3) is 10.2 Å². The number of aliphatic hydroxyl groups excluding tert-OH is 1. The van der Waals surface area contributed by atoms with Crippen molar-refractivity contribution in [1.29, 1.82) is 0 Å². The molecule has 6 heteroatoms. The normalized spacial score (nSPS) is 22.0. The molecule has 0 unspecified atom stereocenters. The number of aromatic nitrogens is 2. The molecule has 2 heterocycles. The lowest BCUT2D eigenvalue weighted by Gasteiger charge is -2.34. The third-order valence-corrected chi connectivity index (χ3v) is 5.19. The molecule has 5 nitrogen and oxygen atoms in total. The van der Waals surface area contributed by atoms with Gasteiger partial charge >= 0.3 is 0 Å². The van der Waals surface area contributed by atoms with E-state index in [1.54, 1.807) is 4.90 Å². The Hall–Kier alpha value is -1.40. The van der Waals surface area contributed by atoms with E-state index in [4.69, 9.17) is 0 Å². The summed E-state index contributed by atoms with van der Waals surface area (Å²) >= 11 is 1.49. The molecule has 2 aromatic rings. The molecule has 0 bridgehead atoms. The maximum atomic E-state index is 12.4. The van der Waals surface area contributed by atoms with Gasteiger partial charge in [0, 0.05) is 26.0 Å². The molecule has 0 radical (unpaired) electrons. The highest BCUT2D eigenvalue weighted by atomic mass is 32.1. The number of thiophene rings is 1. The van der Waals surface area contributed by atoms with Gasteiger partial charge in [-0.1, -0.05) is 0 Å². The molecule has 1 N–H and O–H groups in total. The number of rotatable bonds is 3. The van der Waals surface area contributed by atoms with Gasteiger partial charge in [0.2, 0.25) is 0 Å². The minimum absolute atomic E-state index is 0.0620. The highest BCUT2D eigenvalue weighted by Gasteiger charge is 2.29. The van der Waals surface area contributed by atoms with E-state index in [0.29, 0.717) is 5.92 Å². The molecule has 3 rings (SSSR count). The average molecular weight is 293 g/mol. The van der Waals surface area contributed by atoms with E-state index in [0.717, 1.165) is 40.2 Å². The molecule has 0 aliphatic heterocycles. The van der Waals surface area contributed by atoms with Crippen LogP contribution in [0.5, 0.6) is 0 Å². The highest BCUT2D eigenvalue weighted by Crippen LogP contribution is 2.30. The zero-order valence-corrected chi connectivity index (χ0v) is 12.8. The summed E-state index contributed by atoms with van der Waals surface area (Å²) in [7, 11) is 3.74. The van der Waals surface area contributed by atoms with Gasteiger partial charge in [-0.05, 0) is 31.7 Å². The van der Waals surface area contributed by atoms with Gasteiger partial charge in [0.15, 0.2) is 0 Å². The van der Waals surface area contributed by atoms with Gasteiger partial charge in [-0.3, -0.25) is 9.48 Å². The fourth-order valence-electron chi connectivity index (χ4n) is 2.82. The Bertz CT molecular complexity index is 620. The molecular formula is C14H19N3O2S. The van der Waals surface area contributed by atoms with Gasteiger partial charge < -0.3 is 10.0 Å². The topological polar surface area (TPSA) is 58.4 Å². The number of amides is 1. The summed E-state index contributed by atoms with van der Waals surface area (Å²) in [4.78, 5) is 16.0. The van der Waals surface area contributed by atoms with Crippen LogP contribution >= 0.6 is 11.3 Å². The predicted molar refractivity (Wildman–Crippen MR) is 79.0 cm³/mol. The first-order valence-electron chi connectivity index (χ1n) is 6.82. The lowest BCUT2D eigenvalue weighted by Crippen LogP contribution is -2.39. The molecule has 108 valence electrons. The van der Waals surface area contributed by atoms with Crippen molar-refractivity contribution in [2.45, 2.75) is 25.9 Å². The molecule has 1 aliphatic rings. The maximum Gasteiger partial charge on any atom is 0.263 e. The minimum Gasteiger partial charge on any atom is -0.393 e. The van der Waals surface area contributed by atoms with Crippen molar-refractivity contribution in [2.24, 2.45) is 13.0 Å². The zero-order chi connectivity index (χ0) is 14.4. The number of fused-ring (bicyclic) bond motifs is 1. The van der Waals surface area contributed by atoms with E-state index < -0.39 is 0 Å². The molecule has 2 aromatic heterocycles. The van der Waals surface area contributed by atoms with Crippen LogP contribution in [0.2, 0.25) is 0 Å². The number of hydrogen-bond donors (Lipinski definition) is 1. The van der Waals surface area contributed by atoms with Crippen LogP contribution in [-0.2, 0) is 7.05 Å². The Balaban J connectivity index is 1.76. The van der Waals surface area contributed by atoms with E-state index >= 15 is 0 Å². The maximum absolute atomic E-state index is 12.4. The molecular weight excluding hydrogens is 274 g/mol. The van der Waals surface area contributed by atoms with E-state index in [-0.39, 0.29) is 12.0 Å². The van der Waals surface area contributed by atoms with Gasteiger partial charge in [0.1, 0.15) is 4.83 Å². The van der Waals surface area contributed by atoms with Crippen LogP contribution in [0.4, 0.5) is 0 Å². The SMILES string of the molecule is Cc1nn(C)c2sc(C(=O)N(C)CC3CC(O)C3)cc12. The summed E-state index contributed by atoms with van der Waals surface area (Å²) in [6, 6.07) is 1.94. The van der Waals surface area contributed by atoms with Crippen LogP contribution in [0.1, 0.15) is 28.2 Å². The van der Waals surface area contributed by atoms with Crippen molar-refractivity contribution in [2.75, 3.05) is 13.6 Å². The van der Waals surface area contributed by atoms with Crippen LogP contribution in [0.15, 0.2) is 6.07 Å². The van der Waals surface area contributed by atoms with Gasteiger partial charge in [0.25, 0.3) is 5.91 Å². The molecule has 20 heavy (non-hydrogen) atoms. The van der Waals surface area contributed by atoms with E-state index in [2.05, 4.69) is 5.10 Å². The Labute approximate surface area is 121 Å². The number of hydrogen-bond acceptors (Lipinski definition) is 4. The molecule has 1 aliphatic carbocycles. The summed E-state index contributed by atoms with van der Waals surface area (Å²) < 4.78 is 1.83. The number of nitrogens with zero attached hydrogens (tertiary/aromatic N) is 3. The van der Waals surface area contributed by atoms with Crippen molar-refractivity contribution >= 4 is 27.5 Å². The molecule has 0 spiro atoms. The standard InChI is InChI=1S/C14H19N3O2S/c1-8-11-6-12(20-14(11)17(3)15-8)13(19)16(2)7-9-4-10(18)5-9/h6,9-10,18H,4-5,7H2,1-3H3. The smallest absolute Gasteiger partial charge is 0.263 e. The van der Waals surface area contributed by atoms with E-state index in [9.17, 15) is 9.90 Å². The predicted octanol–water partition coefficient (Wildman–Crippen LogP) is 1.79. The molecule has 1 amide bonds. The van der Waals surface area contributed by atoms with Gasteiger partial charge in [-0.25, -0.2) is 0 Å². The first-order valence-corrected chi connectivity index (χ1v) is 7.64. The number of aliphatic hydroxyl groups is 1. The Morgan fingerprint density at radius 1 is 1.60 bits per heavy atom. The van der Waals surface area contributed by atoms with Crippen molar-refractivity contribution in [3.8, 4) is 0 Å². The van der Waals surface area contributed by atoms with Crippen LogP contribution in [0, 0.1) is 12.8 Å². The lowest BCUT2D eigenvalue weighted by molar-refractivity contribution is 0.0266. The Morgan fingerprint density at radius 2 is 2.30 bits per heavy atom. The van der Waals surface area contributed by atoms with Crippen molar-refractivity contribution in [1.82, 2.24) is 14.7 Å². The first kappa shape index (κ1) is 13.6. The van der Waals surface area contributed by atoms with Gasteiger partial charge in [-0.15, -0.1) is 11.3 Å². The second-order valence-electron chi connectivity index (χ2n) is 5.72. The number of carbonyl (C=O) groups is 1. The van der Waals surface area contributed by atoms with Crippen LogP contribution in [-0.4, -0.2) is 45.4 Å². The Kier molecular flexibility index (Phi) is 3.30. The largest absolute Gasteiger partial charge is 0.393 e. The second-order valence-corrected chi connectivity index (χ2v) is 6.75. The van der Waals surface area contributed by atoms with Crippen molar-refractivity contribution < 1.29 is 9.90 Å². The quantitative estimate of drug-likeness (QED) is 0.938. The third-order valence-electron chi connectivity index (χ3n) is 4.00. The molecule has 1 saturated carbocycles. The zero-order valence-electron chi connectivity index (χ0n) is 12.0. The lowest BCUT2D eigenvalue weighted by atomic mass is 9.82. The average Bonchev–Trinajstić information content (AvgIpc) is 2.89. The van der Waals surface area contributed by atoms with E-state index in [1.165, 1.54) is 11.3 Å². The summed E-state index contributed by atoms with van der Waals surface area (Å²) in [5.41, 5.74) is 0.961. The van der Waals surface area contributed by atoms with Crippen molar-refractivity contribution in [3.63, 3.8) is 0 Å². The first-order chi connectivity index (χ1) is 9.45. The summed E-state index contributed by atoms with van der Waals surface area (Å²) in [5, 5.41) is 14.7. The Morgan fingerprint density at radius 3 is 2.90 bits per heavy atom. The van der Waals surface area contributed by atoms with Crippen LogP contribution in [0.3, 0.4) is 0 Å². The summed E-state index contributed by atoms with van der Waals surface area (Å²) in [6.45, 7) is 2.68. The fraction of sp³-hybridized carbons (Fsp3) is 0.571. The van der Waals surface area contributed by atoms with Crippen molar-refractivity contribution in [3.05, 3.63) is 16.6 Å². The fourth-order valence-corrected chi connectivity index (χ4v) is 3.94. The minimum atomic E-state index is -0.165. The highest BCUT2D eigenvalue weighted by molar-refractivity contribution is 7.20. The van der Waals surface area contributed by atoms with Crippen LogP contribution < -0.4 is 0 Å². The summed E-state index contributed by atoms with van der Waals surface area (Å²) in [5.74, 6) is 0.503. The van der Waals surface area contributed by atoms with E-state index in [1.807, 2.05) is 31.8 Å². The molecule has 0 atom stereocenters. The number of carbonyl (C=O) groups excluding carboxylic acids is 1. The van der Waals surface area contributed by atoms with Gasteiger partial charge in [0.05, 0.1) is 16.7 Å². The molecule has 1 fully saturated rings.